The van der Waals surface area contributed by atoms with E-state index in [2.05, 4.69) is 10.6 Å². The van der Waals surface area contributed by atoms with Crippen LogP contribution >= 0.6 is 11.8 Å². The first-order chi connectivity index (χ1) is 10.1. The smallest absolute Gasteiger partial charge is 0.326 e. The van der Waals surface area contributed by atoms with E-state index in [-0.39, 0.29) is 0 Å². The SMILES string of the molecule is CSCC[C@@H](NC(=O)NCCCc1ccccc1)C(=O)O. The van der Waals surface area contributed by atoms with Crippen LogP contribution < -0.4 is 10.6 Å². The molecule has 6 heteroatoms. The molecule has 1 rings (SSSR count). The highest BCUT2D eigenvalue weighted by atomic mass is 32.2. The summed E-state index contributed by atoms with van der Waals surface area (Å²) in [5, 5.41) is 14.2. The fourth-order valence-corrected chi connectivity index (χ4v) is 2.31. The summed E-state index contributed by atoms with van der Waals surface area (Å²) in [6.45, 7) is 0.523. The average Bonchev–Trinajstić information content (AvgIpc) is 2.48. The highest BCUT2D eigenvalue weighted by molar-refractivity contribution is 7.98. The maximum atomic E-state index is 11.6. The molecule has 116 valence electrons. The molecule has 0 unspecified atom stereocenters. The number of rotatable bonds is 9. The average molecular weight is 310 g/mol. The largest absolute Gasteiger partial charge is 0.480 e. The van der Waals surface area contributed by atoms with Gasteiger partial charge in [-0.3, -0.25) is 0 Å². The third-order valence-corrected chi connectivity index (χ3v) is 3.63. The summed E-state index contributed by atoms with van der Waals surface area (Å²) < 4.78 is 0. The van der Waals surface area contributed by atoms with Crippen molar-refractivity contribution in [2.75, 3.05) is 18.6 Å². The number of amides is 2. The maximum absolute atomic E-state index is 11.6. The molecule has 5 nitrogen and oxygen atoms in total. The van der Waals surface area contributed by atoms with Crippen molar-refractivity contribution in [3.8, 4) is 0 Å². The first-order valence-corrected chi connectivity index (χ1v) is 8.33. The number of aryl methyl sites for hydroxylation is 1. The summed E-state index contributed by atoms with van der Waals surface area (Å²) in [7, 11) is 0. The Hall–Kier alpha value is -1.69. The zero-order chi connectivity index (χ0) is 15.5. The molecule has 0 saturated heterocycles. The van der Waals surface area contributed by atoms with Crippen molar-refractivity contribution in [3.63, 3.8) is 0 Å². The molecule has 0 bridgehead atoms. The number of nitrogens with one attached hydrogen (secondary N) is 2. The van der Waals surface area contributed by atoms with Gasteiger partial charge in [0.05, 0.1) is 0 Å². The molecule has 3 N–H and O–H groups in total. The molecule has 0 saturated carbocycles. The van der Waals surface area contributed by atoms with E-state index < -0.39 is 18.0 Å². The number of benzene rings is 1. The summed E-state index contributed by atoms with van der Waals surface area (Å²) in [6, 6.07) is 8.78. The number of carboxylic acid groups (broad SMARTS) is 1. The van der Waals surface area contributed by atoms with Crippen molar-refractivity contribution < 1.29 is 14.7 Å². The van der Waals surface area contributed by atoms with Gasteiger partial charge in [-0.25, -0.2) is 9.59 Å². The molecule has 21 heavy (non-hydrogen) atoms. The predicted molar refractivity (Wildman–Crippen MR) is 85.7 cm³/mol. The topological polar surface area (TPSA) is 78.4 Å². The van der Waals surface area contributed by atoms with E-state index in [1.54, 1.807) is 11.8 Å². The molecule has 1 aromatic rings. The van der Waals surface area contributed by atoms with Gasteiger partial charge in [0.1, 0.15) is 6.04 Å². The Bertz CT molecular complexity index is 440. The van der Waals surface area contributed by atoms with Crippen LogP contribution in [0.4, 0.5) is 4.79 Å². The fourth-order valence-electron chi connectivity index (χ4n) is 1.84. The van der Waals surface area contributed by atoms with Crippen molar-refractivity contribution in [3.05, 3.63) is 35.9 Å². The van der Waals surface area contributed by atoms with Crippen molar-refractivity contribution in [1.82, 2.24) is 10.6 Å². The van der Waals surface area contributed by atoms with E-state index in [1.807, 2.05) is 36.6 Å². The Balaban J connectivity index is 2.21. The van der Waals surface area contributed by atoms with Gasteiger partial charge in [0.15, 0.2) is 0 Å². The Morgan fingerprint density at radius 3 is 2.62 bits per heavy atom. The summed E-state index contributed by atoms with van der Waals surface area (Å²) in [5.74, 6) is -0.297. The van der Waals surface area contributed by atoms with Crippen LogP contribution in [0.3, 0.4) is 0 Å². The van der Waals surface area contributed by atoms with Gasteiger partial charge in [0.25, 0.3) is 0 Å². The van der Waals surface area contributed by atoms with Crippen LogP contribution in [0.5, 0.6) is 0 Å². The number of carbonyl (C=O) groups excluding carboxylic acids is 1. The number of hydrogen-bond donors (Lipinski definition) is 3. The van der Waals surface area contributed by atoms with Crippen molar-refractivity contribution in [1.29, 1.82) is 0 Å². The zero-order valence-electron chi connectivity index (χ0n) is 12.2. The summed E-state index contributed by atoms with van der Waals surface area (Å²) >= 11 is 1.56. The van der Waals surface area contributed by atoms with Crippen LogP contribution in [-0.2, 0) is 11.2 Å². The van der Waals surface area contributed by atoms with Crippen LogP contribution in [0.25, 0.3) is 0 Å². The zero-order valence-corrected chi connectivity index (χ0v) is 13.0. The van der Waals surface area contributed by atoms with E-state index in [4.69, 9.17) is 5.11 Å². The Kier molecular flexibility index (Phi) is 8.35. The molecule has 0 aliphatic heterocycles. The number of carboxylic acids is 1. The van der Waals surface area contributed by atoms with E-state index >= 15 is 0 Å². The number of hydrogen-bond acceptors (Lipinski definition) is 3. The van der Waals surface area contributed by atoms with Crippen molar-refractivity contribution >= 4 is 23.8 Å². The quantitative estimate of drug-likeness (QED) is 0.611. The van der Waals surface area contributed by atoms with Crippen LogP contribution in [0.15, 0.2) is 30.3 Å². The van der Waals surface area contributed by atoms with Crippen LogP contribution in [0, 0.1) is 0 Å². The molecule has 0 heterocycles. The molecule has 0 fully saturated rings. The number of aliphatic carboxylic acids is 1. The minimum atomic E-state index is -0.997. The molecule has 1 aromatic carbocycles. The van der Waals surface area contributed by atoms with E-state index in [1.165, 1.54) is 5.56 Å². The monoisotopic (exact) mass is 310 g/mol. The second-order valence-electron chi connectivity index (χ2n) is 4.66. The molecule has 0 aliphatic carbocycles. The number of thioether (sulfide) groups is 1. The van der Waals surface area contributed by atoms with Crippen molar-refractivity contribution in [2.24, 2.45) is 0 Å². The lowest BCUT2D eigenvalue weighted by Crippen LogP contribution is -2.46. The Morgan fingerprint density at radius 1 is 1.29 bits per heavy atom. The van der Waals surface area contributed by atoms with Gasteiger partial charge in [0.2, 0.25) is 0 Å². The minimum Gasteiger partial charge on any atom is -0.480 e. The highest BCUT2D eigenvalue weighted by Gasteiger charge is 2.18. The second kappa shape index (κ2) is 10.1. The first kappa shape index (κ1) is 17.4. The maximum Gasteiger partial charge on any atom is 0.326 e. The number of urea groups is 1. The normalized spacial score (nSPS) is 11.7. The highest BCUT2D eigenvalue weighted by Crippen LogP contribution is 2.02. The molecule has 0 aliphatic rings. The fraction of sp³-hybridized carbons (Fsp3) is 0.467. The lowest BCUT2D eigenvalue weighted by Gasteiger charge is -2.14. The summed E-state index contributed by atoms with van der Waals surface area (Å²) in [5.41, 5.74) is 1.23. The van der Waals surface area contributed by atoms with Gasteiger partial charge >= 0.3 is 12.0 Å². The van der Waals surface area contributed by atoms with Gasteiger partial charge < -0.3 is 15.7 Å². The molecule has 2 amide bonds. The Labute approximate surface area is 129 Å². The van der Waals surface area contributed by atoms with Crippen LogP contribution in [0.2, 0.25) is 0 Å². The van der Waals surface area contributed by atoms with Crippen LogP contribution in [0.1, 0.15) is 18.4 Å². The van der Waals surface area contributed by atoms with E-state index in [0.29, 0.717) is 18.7 Å². The standard InChI is InChI=1S/C15H22N2O3S/c1-21-11-9-13(14(18)19)17-15(20)16-10-5-8-12-6-3-2-4-7-12/h2-4,6-7,13H,5,8-11H2,1H3,(H,18,19)(H2,16,17,20)/t13-/m1/s1. The van der Waals surface area contributed by atoms with Crippen molar-refractivity contribution in [2.45, 2.75) is 25.3 Å². The van der Waals surface area contributed by atoms with Gasteiger partial charge in [-0.2, -0.15) is 11.8 Å². The van der Waals surface area contributed by atoms with Gasteiger partial charge in [0, 0.05) is 6.54 Å². The summed E-state index contributed by atoms with van der Waals surface area (Å²) in [4.78, 5) is 22.6. The molecular weight excluding hydrogens is 288 g/mol. The molecule has 0 spiro atoms. The minimum absolute atomic E-state index is 0.420. The first-order valence-electron chi connectivity index (χ1n) is 6.93. The van der Waals surface area contributed by atoms with E-state index in [0.717, 1.165) is 12.8 Å². The van der Waals surface area contributed by atoms with Gasteiger partial charge in [-0.15, -0.1) is 0 Å². The lowest BCUT2D eigenvalue weighted by molar-refractivity contribution is -0.139. The van der Waals surface area contributed by atoms with Gasteiger partial charge in [-0.1, -0.05) is 30.3 Å². The summed E-state index contributed by atoms with van der Waals surface area (Å²) in [6.07, 6.45) is 4.03. The lowest BCUT2D eigenvalue weighted by atomic mass is 10.1. The third kappa shape index (κ3) is 7.60. The Morgan fingerprint density at radius 2 is 2.00 bits per heavy atom. The van der Waals surface area contributed by atoms with E-state index in [9.17, 15) is 9.59 Å². The molecule has 0 radical (unpaired) electrons. The number of carbonyl (C=O) groups is 2. The predicted octanol–water partition coefficient (Wildman–Crippen LogP) is 2.12. The van der Waals surface area contributed by atoms with Crippen LogP contribution in [-0.4, -0.2) is 41.7 Å². The molecular formula is C15H22N2O3S. The molecule has 1 atom stereocenters. The third-order valence-electron chi connectivity index (χ3n) is 2.98. The molecule has 0 aromatic heterocycles. The van der Waals surface area contributed by atoms with Gasteiger partial charge in [-0.05, 0) is 36.8 Å². The second-order valence-corrected chi connectivity index (χ2v) is 5.65.